The highest BCUT2D eigenvalue weighted by atomic mass is 32.1. The van der Waals surface area contributed by atoms with Crippen LogP contribution >= 0.6 is 12.2 Å². The third kappa shape index (κ3) is 5.51. The number of hydrogen-bond acceptors (Lipinski definition) is 6. The smallest absolute Gasteiger partial charge is 0.181 e. The first-order chi connectivity index (χ1) is 19.6. The number of para-hydroxylation sites is 1. The maximum Gasteiger partial charge on any atom is 0.181 e. The lowest BCUT2D eigenvalue weighted by molar-refractivity contribution is 0.0973. The fourth-order valence-corrected chi connectivity index (χ4v) is 6.20. The second-order valence-corrected chi connectivity index (χ2v) is 11.1. The minimum Gasteiger partial charge on any atom is -0.369 e. The van der Waals surface area contributed by atoms with E-state index in [-0.39, 0.29) is 24.2 Å². The SMILES string of the molecule is O=C(CCCCN1CCN(c2ccccc2)CC1)c1ccc2c(n1)N(Cc1ccccc1F)C(=S)C1CC=CN21. The van der Waals surface area contributed by atoms with Crippen LogP contribution in [-0.2, 0) is 6.54 Å². The molecule has 0 bridgehead atoms. The van der Waals surface area contributed by atoms with E-state index in [0.29, 0.717) is 28.5 Å². The summed E-state index contributed by atoms with van der Waals surface area (Å²) in [5, 5.41) is 0. The van der Waals surface area contributed by atoms with Crippen molar-refractivity contribution in [2.75, 3.05) is 47.4 Å². The maximum absolute atomic E-state index is 14.6. The van der Waals surface area contributed by atoms with Gasteiger partial charge in [0.2, 0.25) is 0 Å². The predicted octanol–water partition coefficient (Wildman–Crippen LogP) is 5.84. The molecule has 3 aliphatic heterocycles. The molecule has 1 saturated heterocycles. The molecule has 0 spiro atoms. The van der Waals surface area contributed by atoms with E-state index in [9.17, 15) is 9.18 Å². The van der Waals surface area contributed by atoms with Crippen molar-refractivity contribution in [2.24, 2.45) is 0 Å². The van der Waals surface area contributed by atoms with E-state index in [2.05, 4.69) is 51.1 Å². The van der Waals surface area contributed by atoms with Crippen molar-refractivity contribution in [3.05, 3.63) is 96.1 Å². The van der Waals surface area contributed by atoms with Crippen LogP contribution < -0.4 is 14.7 Å². The van der Waals surface area contributed by atoms with Crippen molar-refractivity contribution >= 4 is 40.2 Å². The number of halogens is 1. The Kier molecular flexibility index (Phi) is 7.89. The van der Waals surface area contributed by atoms with Gasteiger partial charge in [0.1, 0.15) is 16.5 Å². The molecule has 3 aliphatic rings. The van der Waals surface area contributed by atoms with Crippen molar-refractivity contribution in [3.8, 4) is 0 Å². The fraction of sp³-hybridized carbons (Fsp3) is 0.344. The zero-order valence-corrected chi connectivity index (χ0v) is 23.4. The first-order valence-corrected chi connectivity index (χ1v) is 14.6. The number of hydrogen-bond donors (Lipinski definition) is 0. The van der Waals surface area contributed by atoms with E-state index in [1.165, 1.54) is 11.8 Å². The number of unbranched alkanes of at least 4 members (excludes halogenated alkanes) is 1. The Morgan fingerprint density at radius 1 is 0.950 bits per heavy atom. The summed E-state index contributed by atoms with van der Waals surface area (Å²) in [5.41, 5.74) is 3.18. The predicted molar refractivity (Wildman–Crippen MR) is 163 cm³/mol. The zero-order valence-electron chi connectivity index (χ0n) is 22.6. The van der Waals surface area contributed by atoms with Gasteiger partial charge in [0.15, 0.2) is 11.6 Å². The molecule has 1 atom stereocenters. The molecule has 1 unspecified atom stereocenters. The summed E-state index contributed by atoms with van der Waals surface area (Å²) in [6.45, 7) is 5.42. The molecule has 1 aromatic heterocycles. The third-order valence-corrected chi connectivity index (χ3v) is 8.59. The van der Waals surface area contributed by atoms with Crippen LogP contribution in [0.3, 0.4) is 0 Å². The molecule has 206 valence electrons. The molecule has 6 nitrogen and oxygen atoms in total. The number of rotatable bonds is 9. The fourth-order valence-electron chi connectivity index (χ4n) is 5.84. The number of pyridine rings is 1. The molecular formula is C32H34FN5OS. The van der Waals surface area contributed by atoms with Crippen molar-refractivity contribution in [1.82, 2.24) is 9.88 Å². The van der Waals surface area contributed by atoms with Gasteiger partial charge in [-0.15, -0.1) is 0 Å². The van der Waals surface area contributed by atoms with Crippen LogP contribution in [0.25, 0.3) is 0 Å². The minimum atomic E-state index is -0.271. The Morgan fingerprint density at radius 2 is 1.73 bits per heavy atom. The first-order valence-electron chi connectivity index (χ1n) is 14.1. The monoisotopic (exact) mass is 555 g/mol. The molecule has 0 amide bonds. The lowest BCUT2D eigenvalue weighted by Crippen LogP contribution is -2.49. The molecule has 3 aromatic rings. The van der Waals surface area contributed by atoms with Crippen molar-refractivity contribution in [1.29, 1.82) is 0 Å². The average molecular weight is 556 g/mol. The van der Waals surface area contributed by atoms with E-state index in [0.717, 1.165) is 57.7 Å². The summed E-state index contributed by atoms with van der Waals surface area (Å²) in [4.78, 5) is 27.6. The second-order valence-electron chi connectivity index (χ2n) is 10.6. The Morgan fingerprint density at radius 3 is 2.52 bits per heavy atom. The van der Waals surface area contributed by atoms with E-state index in [1.54, 1.807) is 12.1 Å². The van der Waals surface area contributed by atoms with Crippen LogP contribution in [0.5, 0.6) is 0 Å². The molecule has 0 aliphatic carbocycles. The van der Waals surface area contributed by atoms with Gasteiger partial charge >= 0.3 is 0 Å². The van der Waals surface area contributed by atoms with Crippen LogP contribution in [0.2, 0.25) is 0 Å². The van der Waals surface area contributed by atoms with E-state index in [1.807, 2.05) is 29.3 Å². The third-order valence-electron chi connectivity index (χ3n) is 8.09. The topological polar surface area (TPSA) is 42.9 Å². The van der Waals surface area contributed by atoms with Gasteiger partial charge in [0.25, 0.3) is 0 Å². The molecule has 0 radical (unpaired) electrons. The summed E-state index contributed by atoms with van der Waals surface area (Å²) < 4.78 is 14.6. The van der Waals surface area contributed by atoms with Crippen LogP contribution in [0.4, 0.5) is 21.6 Å². The number of thiocarbonyl (C=S) groups is 1. The Hall–Kier alpha value is -3.62. The van der Waals surface area contributed by atoms with E-state index in [4.69, 9.17) is 17.2 Å². The number of nitrogens with zero attached hydrogens (tertiary/aromatic N) is 5. The molecule has 0 saturated carbocycles. The second kappa shape index (κ2) is 11.9. The number of Topliss-reactive ketones (excluding diaryl/α,β-unsaturated/α-hetero) is 1. The standard InChI is InChI=1S/C32H34FN5OS/c33-26-12-5-4-9-24(26)23-38-31-28(37-18-8-13-29(37)32(38)40)16-15-27(34-31)30(39)14-6-7-17-35-19-21-36(22-20-35)25-10-2-1-3-11-25/h1-5,8-12,15-16,18,29H,6-7,13-14,17,19-23H2. The van der Waals surface area contributed by atoms with Crippen LogP contribution in [-0.4, -0.2) is 59.4 Å². The molecule has 40 heavy (non-hydrogen) atoms. The Labute approximate surface area is 240 Å². The van der Waals surface area contributed by atoms with Gasteiger partial charge in [-0.05, 0) is 56.1 Å². The molecule has 6 rings (SSSR count). The summed E-state index contributed by atoms with van der Waals surface area (Å²) in [7, 11) is 0. The number of piperazine rings is 1. The lowest BCUT2D eigenvalue weighted by atomic mass is 10.1. The number of benzene rings is 2. The van der Waals surface area contributed by atoms with Gasteiger partial charge in [-0.3, -0.25) is 9.69 Å². The van der Waals surface area contributed by atoms with Crippen LogP contribution in [0, 0.1) is 5.82 Å². The zero-order chi connectivity index (χ0) is 27.5. The lowest BCUT2D eigenvalue weighted by Gasteiger charge is -2.40. The average Bonchev–Trinajstić information content (AvgIpc) is 3.49. The number of carbonyl (C=O) groups is 1. The number of ketones is 1. The van der Waals surface area contributed by atoms with Crippen molar-refractivity contribution in [2.45, 2.75) is 38.3 Å². The molecule has 1 fully saturated rings. The summed E-state index contributed by atoms with van der Waals surface area (Å²) in [5.74, 6) is 0.387. The van der Waals surface area contributed by atoms with Crippen LogP contribution in [0.15, 0.2) is 79.0 Å². The van der Waals surface area contributed by atoms with Gasteiger partial charge in [0.05, 0.1) is 18.3 Å². The highest BCUT2D eigenvalue weighted by Crippen LogP contribution is 2.40. The molecular weight excluding hydrogens is 521 g/mol. The van der Waals surface area contributed by atoms with E-state index < -0.39 is 0 Å². The molecule has 0 N–H and O–H groups in total. The number of anilines is 3. The number of fused-ring (bicyclic) bond motifs is 3. The number of aromatic nitrogens is 1. The Bertz CT molecular complexity index is 1410. The minimum absolute atomic E-state index is 0.00665. The maximum atomic E-state index is 14.6. The van der Waals surface area contributed by atoms with Gasteiger partial charge in [0, 0.05) is 50.1 Å². The van der Waals surface area contributed by atoms with Gasteiger partial charge < -0.3 is 14.7 Å². The van der Waals surface area contributed by atoms with Crippen molar-refractivity contribution in [3.63, 3.8) is 0 Å². The number of carbonyl (C=O) groups excluding carboxylic acids is 1. The molecule has 2 aromatic carbocycles. The Balaban J connectivity index is 1.07. The molecule has 4 heterocycles. The van der Waals surface area contributed by atoms with Crippen molar-refractivity contribution < 1.29 is 9.18 Å². The van der Waals surface area contributed by atoms with Gasteiger partial charge in [-0.25, -0.2) is 9.37 Å². The van der Waals surface area contributed by atoms with Crippen LogP contribution in [0.1, 0.15) is 41.7 Å². The van der Waals surface area contributed by atoms with Gasteiger partial charge in [-0.1, -0.05) is 54.7 Å². The molecule has 8 heteroatoms. The largest absolute Gasteiger partial charge is 0.369 e. The highest BCUT2D eigenvalue weighted by Gasteiger charge is 2.37. The summed E-state index contributed by atoms with van der Waals surface area (Å²) >= 11 is 5.86. The summed E-state index contributed by atoms with van der Waals surface area (Å²) in [6, 6.07) is 21.1. The quantitative estimate of drug-likeness (QED) is 0.187. The normalized spacial score (nSPS) is 18.7. The highest BCUT2D eigenvalue weighted by molar-refractivity contribution is 7.80. The van der Waals surface area contributed by atoms with E-state index >= 15 is 0 Å². The first kappa shape index (κ1) is 26.6. The summed E-state index contributed by atoms with van der Waals surface area (Å²) in [6.07, 6.45) is 7.18. The van der Waals surface area contributed by atoms with Gasteiger partial charge in [-0.2, -0.15) is 0 Å².